The number of carbonyl (C=O) groups excluding carboxylic acids is 2. The number of rotatable bonds is 18. The Balaban J connectivity index is 1.68. The lowest BCUT2D eigenvalue weighted by Crippen LogP contribution is -2.30. The number of anilines is 3. The van der Waals surface area contributed by atoms with E-state index in [2.05, 4.69) is 79.6 Å². The molecule has 0 bridgehead atoms. The van der Waals surface area contributed by atoms with Crippen molar-refractivity contribution in [2.75, 3.05) is 18.1 Å². The summed E-state index contributed by atoms with van der Waals surface area (Å²) in [5, 5.41) is 0. The average Bonchev–Trinajstić information content (AvgIpc) is 3.46. The van der Waals surface area contributed by atoms with Gasteiger partial charge in [0.15, 0.2) is 0 Å². The van der Waals surface area contributed by atoms with Crippen LogP contribution in [0.1, 0.15) is 57.2 Å². The van der Waals surface area contributed by atoms with Crippen molar-refractivity contribution in [3.63, 3.8) is 0 Å². The summed E-state index contributed by atoms with van der Waals surface area (Å²) < 4.78 is 23.3. The topological polar surface area (TPSA) is 78.7 Å². The molecule has 4 aromatic carbocycles. The highest BCUT2D eigenvalue weighted by atomic mass is 16.5. The zero-order valence-electron chi connectivity index (χ0n) is 33.2. The van der Waals surface area contributed by atoms with Gasteiger partial charge in [-0.25, -0.2) is 14.4 Å². The number of hydrogen-bond donors (Lipinski definition) is 0. The Kier molecular flexibility index (Phi) is 12.9. The van der Waals surface area contributed by atoms with Gasteiger partial charge in [0.2, 0.25) is 5.69 Å². The Bertz CT molecular complexity index is 2310. The highest BCUT2D eigenvalue weighted by Gasteiger charge is 2.43. The number of benzene rings is 4. The van der Waals surface area contributed by atoms with Crippen LogP contribution in [0.2, 0.25) is 0 Å². The first-order valence-corrected chi connectivity index (χ1v) is 18.5. The quantitative estimate of drug-likeness (QED) is 0.0328. The van der Waals surface area contributed by atoms with Crippen LogP contribution in [0.3, 0.4) is 0 Å². The summed E-state index contributed by atoms with van der Waals surface area (Å²) in [4.78, 5) is 31.0. The molecule has 0 radical (unpaired) electrons. The van der Waals surface area contributed by atoms with E-state index in [4.69, 9.17) is 25.5 Å². The van der Waals surface area contributed by atoms with Crippen LogP contribution in [-0.4, -0.2) is 25.2 Å². The maximum Gasteiger partial charge on any atom is 0.333 e. The fraction of sp³-hybridized carbons (Fsp3) is 0.204. The molecule has 0 heterocycles. The first-order chi connectivity index (χ1) is 27.2. The molecule has 0 saturated heterocycles. The van der Waals surface area contributed by atoms with E-state index in [1.807, 2.05) is 55.5 Å². The first kappa shape index (κ1) is 41.3. The molecule has 0 fully saturated rings. The number of allylic oxidation sites excluding steroid dienone is 2. The van der Waals surface area contributed by atoms with Crippen molar-refractivity contribution in [2.45, 2.75) is 52.6 Å². The van der Waals surface area contributed by atoms with Crippen LogP contribution < -0.4 is 9.64 Å². The van der Waals surface area contributed by atoms with Gasteiger partial charge in [-0.2, -0.15) is 0 Å². The molecule has 0 unspecified atom stereocenters. The molecule has 0 amide bonds. The molecule has 0 aromatic heterocycles. The fourth-order valence-electron chi connectivity index (χ4n) is 6.65. The predicted molar refractivity (Wildman–Crippen MR) is 228 cm³/mol. The maximum atomic E-state index is 12.6. The summed E-state index contributed by atoms with van der Waals surface area (Å²) in [6.45, 7) is 38.5. The third-order valence-electron chi connectivity index (χ3n) is 9.85. The van der Waals surface area contributed by atoms with E-state index in [9.17, 15) is 9.59 Å². The zero-order valence-corrected chi connectivity index (χ0v) is 33.2. The molecule has 0 N–H and O–H groups in total. The third-order valence-corrected chi connectivity index (χ3v) is 9.85. The van der Waals surface area contributed by atoms with Crippen molar-refractivity contribution in [3.05, 3.63) is 186 Å². The van der Waals surface area contributed by atoms with E-state index < -0.39 is 17.4 Å². The number of carbonyl (C=O) groups is 2. The molecule has 5 rings (SSSR count). The van der Waals surface area contributed by atoms with E-state index in [1.165, 1.54) is 0 Å². The highest BCUT2D eigenvalue weighted by Crippen LogP contribution is 2.54. The van der Waals surface area contributed by atoms with Crippen molar-refractivity contribution in [1.29, 1.82) is 0 Å². The zero-order chi connectivity index (χ0) is 41.4. The van der Waals surface area contributed by atoms with Crippen LogP contribution in [0, 0.1) is 6.57 Å². The second kappa shape index (κ2) is 17.7. The molecular formula is C49H48N2O6. The molecule has 0 saturated carbocycles. The van der Waals surface area contributed by atoms with E-state index in [-0.39, 0.29) is 13.2 Å². The van der Waals surface area contributed by atoms with Crippen LogP contribution in [-0.2, 0) is 35.8 Å². The lowest BCUT2D eigenvalue weighted by molar-refractivity contribution is -0.139. The number of nitrogens with zero attached hydrogens (tertiary/aromatic N) is 2. The second-order valence-electron chi connectivity index (χ2n) is 14.3. The summed E-state index contributed by atoms with van der Waals surface area (Å²) in [6.07, 6.45) is 0.823. The summed E-state index contributed by atoms with van der Waals surface area (Å²) in [6, 6.07) is 27.8. The number of esters is 2. The first-order valence-electron chi connectivity index (χ1n) is 18.5. The summed E-state index contributed by atoms with van der Waals surface area (Å²) >= 11 is 0. The molecule has 57 heavy (non-hydrogen) atoms. The van der Waals surface area contributed by atoms with Crippen LogP contribution in [0.4, 0.5) is 22.7 Å². The van der Waals surface area contributed by atoms with Crippen molar-refractivity contribution >= 4 is 34.7 Å². The maximum absolute atomic E-state index is 12.6. The van der Waals surface area contributed by atoms with Crippen molar-refractivity contribution < 1.29 is 28.5 Å². The van der Waals surface area contributed by atoms with Gasteiger partial charge in [0.05, 0.1) is 19.8 Å². The number of ether oxygens (including phenoxy) is 4. The lowest BCUT2D eigenvalue weighted by atomic mass is 9.73. The lowest BCUT2D eigenvalue weighted by Gasteiger charge is -2.33. The SMILES string of the molecule is [C-]#[N+]c1ccc(N(c2ccc(COC(=C)C(=C)C)cc2)c2ccc3c(c2)C(CCOC(=O)C(=C)C)(CCOC(=O)C(=C)C)c2ccccc2-3)cc1OC(=C)C(=C)C. The van der Waals surface area contributed by atoms with E-state index in [0.29, 0.717) is 59.1 Å². The van der Waals surface area contributed by atoms with E-state index >= 15 is 0 Å². The van der Waals surface area contributed by atoms with Gasteiger partial charge in [0.1, 0.15) is 23.9 Å². The van der Waals surface area contributed by atoms with Gasteiger partial charge in [-0.15, -0.1) is 0 Å². The van der Waals surface area contributed by atoms with Crippen molar-refractivity contribution in [3.8, 4) is 16.9 Å². The molecule has 4 aromatic rings. The van der Waals surface area contributed by atoms with Gasteiger partial charge in [0.25, 0.3) is 0 Å². The standard InChI is InChI=1S/C49H48N2O6/c1-31(2)35(9)56-30-37-16-18-38(19-17-37)51(40-21-23-45(50-11)46(29-40)57-36(10)32(3)4)39-20-22-42-41-14-12-13-15-43(41)49(44(42)28-39,24-26-54-47(52)33(5)6)25-27-55-48(53)34(7)8/h12-23,28-29H,1,3,5,7,9-10,24-27,30H2,2,4,6,8H3. The van der Waals surface area contributed by atoms with Gasteiger partial charge in [-0.05, 0) is 116 Å². The molecule has 0 aliphatic heterocycles. The molecular weight excluding hydrogens is 713 g/mol. The van der Waals surface area contributed by atoms with Crippen LogP contribution in [0.25, 0.3) is 16.0 Å². The minimum absolute atomic E-state index is 0.106. The van der Waals surface area contributed by atoms with Gasteiger partial charge in [0, 0.05) is 33.6 Å². The van der Waals surface area contributed by atoms with Crippen LogP contribution in [0.15, 0.2) is 158 Å². The normalized spacial score (nSPS) is 11.8. The number of fused-ring (bicyclic) bond motifs is 3. The van der Waals surface area contributed by atoms with Crippen LogP contribution >= 0.6 is 0 Å². The Morgan fingerprint density at radius 1 is 0.632 bits per heavy atom. The molecule has 1 aliphatic carbocycles. The third kappa shape index (κ3) is 9.17. The summed E-state index contributed by atoms with van der Waals surface area (Å²) in [7, 11) is 0. The van der Waals surface area contributed by atoms with E-state index in [0.717, 1.165) is 50.5 Å². The minimum Gasteiger partial charge on any atom is -0.489 e. The van der Waals surface area contributed by atoms with Gasteiger partial charge in [-0.1, -0.05) is 88.0 Å². The largest absolute Gasteiger partial charge is 0.489 e. The summed E-state index contributed by atoms with van der Waals surface area (Å²) in [5.41, 5.74) is 8.98. The monoisotopic (exact) mass is 760 g/mol. The fourth-order valence-corrected chi connectivity index (χ4v) is 6.65. The highest BCUT2D eigenvalue weighted by molar-refractivity contribution is 5.88. The molecule has 0 atom stereocenters. The Labute approximate surface area is 336 Å². The van der Waals surface area contributed by atoms with E-state index in [1.54, 1.807) is 26.8 Å². The number of hydrogen-bond acceptors (Lipinski definition) is 7. The average molecular weight is 761 g/mol. The molecule has 8 heteroatoms. The Morgan fingerprint density at radius 3 is 1.75 bits per heavy atom. The van der Waals surface area contributed by atoms with Gasteiger partial charge >= 0.3 is 11.9 Å². The van der Waals surface area contributed by atoms with Crippen LogP contribution in [0.5, 0.6) is 5.75 Å². The van der Waals surface area contributed by atoms with Gasteiger partial charge < -0.3 is 23.8 Å². The predicted octanol–water partition coefficient (Wildman–Crippen LogP) is 12.1. The second-order valence-corrected chi connectivity index (χ2v) is 14.3. The smallest absolute Gasteiger partial charge is 0.333 e. The van der Waals surface area contributed by atoms with Gasteiger partial charge in [-0.3, -0.25) is 0 Å². The molecule has 0 spiro atoms. The van der Waals surface area contributed by atoms with Crippen molar-refractivity contribution in [2.24, 2.45) is 0 Å². The minimum atomic E-state index is -0.716. The Morgan fingerprint density at radius 2 is 1.18 bits per heavy atom. The molecule has 290 valence electrons. The molecule has 8 nitrogen and oxygen atoms in total. The summed E-state index contributed by atoms with van der Waals surface area (Å²) in [5.74, 6) is 0.266. The Hall–Kier alpha value is -6.85. The van der Waals surface area contributed by atoms with Crippen molar-refractivity contribution in [1.82, 2.24) is 0 Å². The molecule has 1 aliphatic rings.